The average Bonchev–Trinajstić information content (AvgIpc) is 1.95. The largest absolute Gasteiger partial charge is 0.320 e. The molecule has 0 aromatic carbocycles. The van der Waals surface area contributed by atoms with E-state index < -0.39 is 0 Å². The van der Waals surface area contributed by atoms with Crippen LogP contribution in [0, 0.1) is 17.4 Å². The van der Waals surface area contributed by atoms with Gasteiger partial charge in [-0.2, -0.15) is 5.26 Å². The SMILES string of the molecule is CC1CN(C)CCC1NC#N. The van der Waals surface area contributed by atoms with Crippen LogP contribution in [-0.2, 0) is 0 Å². The number of nitriles is 1. The van der Waals surface area contributed by atoms with Crippen LogP contribution in [0.25, 0.3) is 0 Å². The van der Waals surface area contributed by atoms with Gasteiger partial charge in [0.05, 0.1) is 0 Å². The molecule has 1 fully saturated rings. The predicted octanol–water partition coefficient (Wildman–Crippen LogP) is 0.397. The summed E-state index contributed by atoms with van der Waals surface area (Å²) in [7, 11) is 2.12. The van der Waals surface area contributed by atoms with Gasteiger partial charge in [-0.15, -0.1) is 0 Å². The molecule has 1 aliphatic rings. The molecule has 62 valence electrons. The quantitative estimate of drug-likeness (QED) is 0.438. The summed E-state index contributed by atoms with van der Waals surface area (Å²) in [5.41, 5.74) is 0. The van der Waals surface area contributed by atoms with E-state index in [9.17, 15) is 0 Å². The van der Waals surface area contributed by atoms with Crippen molar-refractivity contribution in [1.29, 1.82) is 5.26 Å². The minimum atomic E-state index is 0.399. The summed E-state index contributed by atoms with van der Waals surface area (Å²) in [6, 6.07) is 0.399. The summed E-state index contributed by atoms with van der Waals surface area (Å²) in [6.45, 7) is 4.38. The summed E-state index contributed by atoms with van der Waals surface area (Å²) in [5.74, 6) is 0.591. The molecule has 2 unspecified atom stereocenters. The molecule has 1 rings (SSSR count). The lowest BCUT2D eigenvalue weighted by Gasteiger charge is -2.33. The fourth-order valence-corrected chi connectivity index (χ4v) is 1.65. The minimum absolute atomic E-state index is 0.399. The molecule has 1 N–H and O–H groups in total. The molecule has 0 aromatic heterocycles. The Hall–Kier alpha value is -0.750. The second-order valence-electron chi connectivity index (χ2n) is 3.39. The fraction of sp³-hybridized carbons (Fsp3) is 0.875. The standard InChI is InChI=1S/C8H15N3/c1-7-5-11(2)4-3-8(7)10-6-9/h7-8,10H,3-5H2,1-2H3. The normalized spacial score (nSPS) is 32.8. The molecule has 1 aliphatic heterocycles. The Morgan fingerprint density at radius 1 is 1.64 bits per heavy atom. The van der Waals surface area contributed by atoms with E-state index in [-0.39, 0.29) is 0 Å². The van der Waals surface area contributed by atoms with Crippen LogP contribution in [0.4, 0.5) is 0 Å². The first kappa shape index (κ1) is 8.35. The highest BCUT2D eigenvalue weighted by Gasteiger charge is 2.23. The molecule has 3 nitrogen and oxygen atoms in total. The molecular weight excluding hydrogens is 138 g/mol. The van der Waals surface area contributed by atoms with E-state index in [4.69, 9.17) is 5.26 Å². The van der Waals surface area contributed by atoms with Gasteiger partial charge in [0, 0.05) is 12.6 Å². The second-order valence-corrected chi connectivity index (χ2v) is 3.39. The van der Waals surface area contributed by atoms with Gasteiger partial charge in [-0.05, 0) is 25.9 Å². The monoisotopic (exact) mass is 153 g/mol. The number of piperidine rings is 1. The maximum absolute atomic E-state index is 8.43. The van der Waals surface area contributed by atoms with E-state index in [0.717, 1.165) is 19.5 Å². The topological polar surface area (TPSA) is 39.1 Å². The van der Waals surface area contributed by atoms with Gasteiger partial charge < -0.3 is 10.2 Å². The van der Waals surface area contributed by atoms with Crippen molar-refractivity contribution in [2.75, 3.05) is 20.1 Å². The molecule has 0 bridgehead atoms. The summed E-state index contributed by atoms with van der Waals surface area (Å²) < 4.78 is 0. The van der Waals surface area contributed by atoms with Crippen molar-refractivity contribution in [3.8, 4) is 6.19 Å². The van der Waals surface area contributed by atoms with Crippen molar-refractivity contribution in [3.63, 3.8) is 0 Å². The van der Waals surface area contributed by atoms with Gasteiger partial charge in [-0.25, -0.2) is 0 Å². The Bertz CT molecular complexity index is 161. The Morgan fingerprint density at radius 3 is 2.91 bits per heavy atom. The van der Waals surface area contributed by atoms with E-state index in [1.54, 1.807) is 0 Å². The van der Waals surface area contributed by atoms with Crippen LogP contribution < -0.4 is 5.32 Å². The van der Waals surface area contributed by atoms with Gasteiger partial charge in [-0.1, -0.05) is 6.92 Å². The molecule has 0 radical (unpaired) electrons. The first-order valence-corrected chi connectivity index (χ1v) is 4.07. The highest BCUT2D eigenvalue weighted by Crippen LogP contribution is 2.14. The number of nitrogens with zero attached hydrogens (tertiary/aromatic N) is 2. The van der Waals surface area contributed by atoms with Crippen molar-refractivity contribution in [1.82, 2.24) is 10.2 Å². The van der Waals surface area contributed by atoms with Gasteiger partial charge in [0.2, 0.25) is 0 Å². The van der Waals surface area contributed by atoms with Gasteiger partial charge in [0.25, 0.3) is 0 Å². The molecule has 0 amide bonds. The van der Waals surface area contributed by atoms with Crippen molar-refractivity contribution in [2.24, 2.45) is 5.92 Å². The molecule has 0 saturated carbocycles. The van der Waals surface area contributed by atoms with Crippen molar-refractivity contribution < 1.29 is 0 Å². The number of hydrogen-bond acceptors (Lipinski definition) is 3. The maximum Gasteiger partial charge on any atom is 0.176 e. The molecule has 0 aliphatic carbocycles. The zero-order chi connectivity index (χ0) is 8.27. The van der Waals surface area contributed by atoms with E-state index in [1.807, 2.05) is 6.19 Å². The fourth-order valence-electron chi connectivity index (χ4n) is 1.65. The van der Waals surface area contributed by atoms with E-state index in [0.29, 0.717) is 12.0 Å². The lowest BCUT2D eigenvalue weighted by molar-refractivity contribution is 0.185. The molecule has 0 spiro atoms. The molecule has 0 aromatic rings. The number of nitrogens with one attached hydrogen (secondary N) is 1. The average molecular weight is 153 g/mol. The predicted molar refractivity (Wildman–Crippen MR) is 43.8 cm³/mol. The highest BCUT2D eigenvalue weighted by atomic mass is 15.1. The van der Waals surface area contributed by atoms with Crippen LogP contribution in [-0.4, -0.2) is 31.1 Å². The van der Waals surface area contributed by atoms with Crippen LogP contribution in [0.15, 0.2) is 0 Å². The van der Waals surface area contributed by atoms with Crippen LogP contribution in [0.5, 0.6) is 0 Å². The summed E-state index contributed by atoms with van der Waals surface area (Å²) in [6.07, 6.45) is 3.10. The lowest BCUT2D eigenvalue weighted by Crippen LogP contribution is -2.45. The van der Waals surface area contributed by atoms with E-state index >= 15 is 0 Å². The van der Waals surface area contributed by atoms with Gasteiger partial charge in [0.15, 0.2) is 6.19 Å². The van der Waals surface area contributed by atoms with Crippen LogP contribution >= 0.6 is 0 Å². The maximum atomic E-state index is 8.43. The van der Waals surface area contributed by atoms with Crippen molar-refractivity contribution in [3.05, 3.63) is 0 Å². The number of hydrogen-bond donors (Lipinski definition) is 1. The van der Waals surface area contributed by atoms with Gasteiger partial charge in [0.1, 0.15) is 0 Å². The Kier molecular flexibility index (Phi) is 2.72. The van der Waals surface area contributed by atoms with Crippen LogP contribution in [0.1, 0.15) is 13.3 Å². The zero-order valence-electron chi connectivity index (χ0n) is 7.17. The van der Waals surface area contributed by atoms with Crippen LogP contribution in [0.2, 0.25) is 0 Å². The van der Waals surface area contributed by atoms with Crippen LogP contribution in [0.3, 0.4) is 0 Å². The summed E-state index contributed by atoms with van der Waals surface area (Å²) in [5, 5.41) is 11.3. The molecule has 3 heteroatoms. The summed E-state index contributed by atoms with van der Waals surface area (Å²) >= 11 is 0. The lowest BCUT2D eigenvalue weighted by atomic mass is 9.94. The third-order valence-corrected chi connectivity index (χ3v) is 2.36. The zero-order valence-corrected chi connectivity index (χ0v) is 7.17. The number of likely N-dealkylation sites (tertiary alicyclic amines) is 1. The summed E-state index contributed by atoms with van der Waals surface area (Å²) in [4.78, 5) is 2.31. The molecule has 2 atom stereocenters. The van der Waals surface area contributed by atoms with E-state index in [2.05, 4.69) is 24.2 Å². The van der Waals surface area contributed by atoms with Gasteiger partial charge >= 0.3 is 0 Å². The first-order valence-electron chi connectivity index (χ1n) is 4.07. The molecule has 11 heavy (non-hydrogen) atoms. The smallest absolute Gasteiger partial charge is 0.176 e. The highest BCUT2D eigenvalue weighted by molar-refractivity contribution is 4.85. The van der Waals surface area contributed by atoms with Crippen molar-refractivity contribution >= 4 is 0 Å². The second kappa shape index (κ2) is 3.59. The molecular formula is C8H15N3. The Labute approximate surface area is 68.0 Å². The molecule has 1 heterocycles. The molecule has 1 saturated heterocycles. The van der Waals surface area contributed by atoms with E-state index in [1.165, 1.54) is 0 Å². The minimum Gasteiger partial charge on any atom is -0.320 e. The Balaban J connectivity index is 2.39. The number of rotatable bonds is 1. The van der Waals surface area contributed by atoms with Crippen molar-refractivity contribution in [2.45, 2.75) is 19.4 Å². The third-order valence-electron chi connectivity index (χ3n) is 2.36. The third kappa shape index (κ3) is 2.09. The van der Waals surface area contributed by atoms with Gasteiger partial charge in [-0.3, -0.25) is 0 Å². The Morgan fingerprint density at radius 2 is 2.36 bits per heavy atom. The first-order chi connectivity index (χ1) is 5.24.